The molecule has 0 aliphatic heterocycles. The van der Waals surface area contributed by atoms with Gasteiger partial charge in [0.2, 0.25) is 0 Å². The van der Waals surface area contributed by atoms with Crippen molar-refractivity contribution in [3.05, 3.63) is 83.4 Å². The topological polar surface area (TPSA) is 52.6 Å². The number of benzene rings is 3. The molecule has 3 aromatic rings. The smallest absolute Gasteiger partial charge is 0.343 e. The Morgan fingerprint density at radius 3 is 2.20 bits per heavy atom. The van der Waals surface area contributed by atoms with E-state index in [-0.39, 0.29) is 11.9 Å². The van der Waals surface area contributed by atoms with Crippen molar-refractivity contribution in [1.82, 2.24) is 0 Å². The molecule has 0 fully saturated rings. The van der Waals surface area contributed by atoms with Crippen LogP contribution in [0.2, 0.25) is 0 Å². The SMILES string of the molecule is CC1=CC(C(=O)Oc2cccc3cccc(OC(=O)c4ccc(C)cc4)c23)CCC1. The second-order valence-electron chi connectivity index (χ2n) is 7.80. The largest absolute Gasteiger partial charge is 0.425 e. The van der Waals surface area contributed by atoms with Crippen LogP contribution in [0, 0.1) is 12.8 Å². The molecule has 152 valence electrons. The zero-order valence-electron chi connectivity index (χ0n) is 17.2. The second kappa shape index (κ2) is 8.54. The molecule has 0 N–H and O–H groups in total. The normalized spacial score (nSPS) is 16.1. The van der Waals surface area contributed by atoms with E-state index >= 15 is 0 Å². The molecule has 1 atom stereocenters. The van der Waals surface area contributed by atoms with Gasteiger partial charge < -0.3 is 9.47 Å². The molecule has 0 radical (unpaired) electrons. The van der Waals surface area contributed by atoms with E-state index in [1.165, 1.54) is 5.57 Å². The Bertz CT molecular complexity index is 1120. The van der Waals surface area contributed by atoms with Crippen LogP contribution in [0.1, 0.15) is 42.1 Å². The fraction of sp³-hybridized carbons (Fsp3) is 0.231. The molecule has 0 heterocycles. The lowest BCUT2D eigenvalue weighted by Gasteiger charge is -2.19. The highest BCUT2D eigenvalue weighted by atomic mass is 16.5. The summed E-state index contributed by atoms with van der Waals surface area (Å²) in [6.07, 6.45) is 4.79. The Morgan fingerprint density at radius 2 is 1.53 bits per heavy atom. The molecule has 4 heteroatoms. The standard InChI is InChI=1S/C26H24O4/c1-17-12-14-20(15-13-17)25(27)29-22-10-4-7-19-8-5-11-23(24(19)22)30-26(28)21-9-3-6-18(2)16-21/h4-5,7-8,10-16,21H,3,6,9H2,1-2H3. The number of carbonyl (C=O) groups is 2. The van der Waals surface area contributed by atoms with E-state index in [1.807, 2.05) is 56.3 Å². The minimum absolute atomic E-state index is 0.240. The van der Waals surface area contributed by atoms with Gasteiger partial charge in [-0.05, 0) is 62.8 Å². The van der Waals surface area contributed by atoms with Gasteiger partial charge in [-0.25, -0.2) is 4.79 Å². The number of fused-ring (bicyclic) bond motifs is 1. The number of hydrogen-bond acceptors (Lipinski definition) is 4. The van der Waals surface area contributed by atoms with E-state index in [0.717, 1.165) is 30.2 Å². The van der Waals surface area contributed by atoms with Crippen LogP contribution in [0.3, 0.4) is 0 Å². The first-order valence-corrected chi connectivity index (χ1v) is 10.2. The van der Waals surface area contributed by atoms with Crippen LogP contribution in [0.25, 0.3) is 10.8 Å². The lowest BCUT2D eigenvalue weighted by atomic mass is 9.91. The van der Waals surface area contributed by atoms with Gasteiger partial charge in [-0.3, -0.25) is 4.79 Å². The lowest BCUT2D eigenvalue weighted by Crippen LogP contribution is -2.21. The molecule has 1 aliphatic rings. The fourth-order valence-electron chi connectivity index (χ4n) is 3.77. The summed E-state index contributed by atoms with van der Waals surface area (Å²) >= 11 is 0. The van der Waals surface area contributed by atoms with Crippen LogP contribution in [0.15, 0.2) is 72.3 Å². The maximum Gasteiger partial charge on any atom is 0.343 e. The van der Waals surface area contributed by atoms with E-state index < -0.39 is 5.97 Å². The van der Waals surface area contributed by atoms with Gasteiger partial charge in [0.05, 0.1) is 16.9 Å². The molecule has 0 aromatic heterocycles. The number of ether oxygens (including phenoxy) is 2. The Hall–Kier alpha value is -3.40. The van der Waals surface area contributed by atoms with Crippen molar-refractivity contribution < 1.29 is 19.1 Å². The van der Waals surface area contributed by atoms with Gasteiger partial charge >= 0.3 is 11.9 Å². The third kappa shape index (κ3) is 4.28. The van der Waals surface area contributed by atoms with Crippen molar-refractivity contribution in [2.75, 3.05) is 0 Å². The molecule has 0 saturated carbocycles. The van der Waals surface area contributed by atoms with Crippen molar-refractivity contribution in [2.24, 2.45) is 5.92 Å². The average molecular weight is 400 g/mol. The summed E-state index contributed by atoms with van der Waals surface area (Å²) < 4.78 is 11.5. The summed E-state index contributed by atoms with van der Waals surface area (Å²) in [7, 11) is 0. The molecule has 0 bridgehead atoms. The van der Waals surface area contributed by atoms with Crippen LogP contribution in [0.5, 0.6) is 11.5 Å². The summed E-state index contributed by atoms with van der Waals surface area (Å²) in [6, 6.07) is 18.1. The van der Waals surface area contributed by atoms with E-state index in [1.54, 1.807) is 24.3 Å². The monoisotopic (exact) mass is 400 g/mol. The first-order valence-electron chi connectivity index (χ1n) is 10.2. The van der Waals surface area contributed by atoms with Gasteiger partial charge in [0.15, 0.2) is 0 Å². The van der Waals surface area contributed by atoms with Crippen molar-refractivity contribution in [2.45, 2.75) is 33.1 Å². The molecule has 0 spiro atoms. The van der Waals surface area contributed by atoms with Gasteiger partial charge in [-0.2, -0.15) is 0 Å². The quantitative estimate of drug-likeness (QED) is 0.305. The second-order valence-corrected chi connectivity index (χ2v) is 7.80. The molecular weight excluding hydrogens is 376 g/mol. The van der Waals surface area contributed by atoms with Crippen LogP contribution in [-0.4, -0.2) is 11.9 Å². The van der Waals surface area contributed by atoms with Crippen molar-refractivity contribution in [1.29, 1.82) is 0 Å². The van der Waals surface area contributed by atoms with Crippen molar-refractivity contribution in [3.8, 4) is 11.5 Å². The minimum atomic E-state index is -0.450. The number of esters is 2. The predicted molar refractivity (Wildman–Crippen MR) is 117 cm³/mol. The highest BCUT2D eigenvalue weighted by molar-refractivity contribution is 5.99. The van der Waals surface area contributed by atoms with Crippen molar-refractivity contribution in [3.63, 3.8) is 0 Å². The number of rotatable bonds is 4. The molecule has 4 nitrogen and oxygen atoms in total. The Kier molecular flexibility index (Phi) is 5.66. The molecule has 1 aliphatic carbocycles. The Balaban J connectivity index is 1.64. The number of aryl methyl sites for hydroxylation is 1. The maximum absolute atomic E-state index is 12.8. The third-order valence-corrected chi connectivity index (χ3v) is 5.40. The number of allylic oxidation sites excluding steroid dienone is 1. The molecule has 1 unspecified atom stereocenters. The lowest BCUT2D eigenvalue weighted by molar-refractivity contribution is -0.137. The molecule has 3 aromatic carbocycles. The molecule has 0 saturated heterocycles. The predicted octanol–water partition coefficient (Wildman–Crippen LogP) is 6.02. The van der Waals surface area contributed by atoms with Gasteiger partial charge in [-0.15, -0.1) is 0 Å². The number of carbonyl (C=O) groups excluding carboxylic acids is 2. The molecular formula is C26H24O4. The molecule has 0 amide bonds. The highest BCUT2D eigenvalue weighted by Gasteiger charge is 2.23. The first-order chi connectivity index (χ1) is 14.5. The highest BCUT2D eigenvalue weighted by Crippen LogP contribution is 2.35. The Morgan fingerprint density at radius 1 is 0.867 bits per heavy atom. The van der Waals surface area contributed by atoms with E-state index in [9.17, 15) is 9.59 Å². The van der Waals surface area contributed by atoms with Crippen molar-refractivity contribution >= 4 is 22.7 Å². The van der Waals surface area contributed by atoms with Gasteiger partial charge in [0, 0.05) is 0 Å². The van der Waals surface area contributed by atoms with Gasteiger partial charge in [0.25, 0.3) is 0 Å². The Labute approximate surface area is 176 Å². The van der Waals surface area contributed by atoms with Crippen LogP contribution < -0.4 is 9.47 Å². The summed E-state index contributed by atoms with van der Waals surface area (Å²) in [5.74, 6) is -0.190. The van der Waals surface area contributed by atoms with Crippen LogP contribution in [0.4, 0.5) is 0 Å². The molecule has 4 rings (SSSR count). The zero-order valence-corrected chi connectivity index (χ0v) is 17.2. The van der Waals surface area contributed by atoms with Crippen LogP contribution in [-0.2, 0) is 4.79 Å². The fourth-order valence-corrected chi connectivity index (χ4v) is 3.77. The minimum Gasteiger partial charge on any atom is -0.425 e. The van der Waals surface area contributed by atoms with Gasteiger partial charge in [-0.1, -0.05) is 53.6 Å². The number of hydrogen-bond donors (Lipinski definition) is 0. The zero-order chi connectivity index (χ0) is 21.1. The average Bonchev–Trinajstić information content (AvgIpc) is 2.74. The summed E-state index contributed by atoms with van der Waals surface area (Å²) in [6.45, 7) is 4.00. The third-order valence-electron chi connectivity index (χ3n) is 5.40. The van der Waals surface area contributed by atoms with Gasteiger partial charge in [0.1, 0.15) is 11.5 Å². The van der Waals surface area contributed by atoms with E-state index in [2.05, 4.69) is 0 Å². The van der Waals surface area contributed by atoms with E-state index in [4.69, 9.17) is 9.47 Å². The molecule has 30 heavy (non-hydrogen) atoms. The van der Waals surface area contributed by atoms with Crippen LogP contribution >= 0.6 is 0 Å². The first kappa shape index (κ1) is 19.9. The summed E-state index contributed by atoms with van der Waals surface area (Å²) in [4.78, 5) is 25.4. The maximum atomic E-state index is 12.8. The summed E-state index contributed by atoms with van der Waals surface area (Å²) in [5.41, 5.74) is 2.75. The van der Waals surface area contributed by atoms with E-state index in [0.29, 0.717) is 22.4 Å². The summed E-state index contributed by atoms with van der Waals surface area (Å²) in [5, 5.41) is 1.45.